The molecular weight excluding hydrogens is 452 g/mol. The molecule has 0 radical (unpaired) electrons. The molecule has 0 atom stereocenters. The third-order valence-corrected chi connectivity index (χ3v) is 7.38. The van der Waals surface area contributed by atoms with Crippen LogP contribution < -0.4 is 9.64 Å². The van der Waals surface area contributed by atoms with Gasteiger partial charge in [-0.3, -0.25) is 10.1 Å². The number of ether oxygens (including phenoxy) is 1. The van der Waals surface area contributed by atoms with Gasteiger partial charge in [0.15, 0.2) is 11.4 Å². The topological polar surface area (TPSA) is 87.5 Å². The van der Waals surface area contributed by atoms with Gasteiger partial charge in [-0.2, -0.15) is 10.2 Å². The fraction of sp³-hybridized carbons (Fsp3) is 0.481. The predicted octanol–water partition coefficient (Wildman–Crippen LogP) is 4.09. The van der Waals surface area contributed by atoms with Crippen LogP contribution in [0.25, 0.3) is 28.3 Å². The molecule has 0 aromatic carbocycles. The van der Waals surface area contributed by atoms with Crippen molar-refractivity contribution in [3.63, 3.8) is 0 Å². The van der Waals surface area contributed by atoms with Crippen LogP contribution in [0.15, 0.2) is 36.9 Å². The van der Waals surface area contributed by atoms with Gasteiger partial charge in [0.2, 0.25) is 0 Å². The van der Waals surface area contributed by atoms with Gasteiger partial charge in [-0.15, -0.1) is 0 Å². The van der Waals surface area contributed by atoms with E-state index in [0.717, 1.165) is 47.2 Å². The number of hydrogen-bond acceptors (Lipinski definition) is 7. The molecule has 1 N–H and O–H groups in total. The Labute approximate surface area is 211 Å². The van der Waals surface area contributed by atoms with Crippen LogP contribution in [0.3, 0.4) is 0 Å². The SMILES string of the molecule is COc1cc(-c2[nH]nc(-c3ccc(N4CC5(CN(CC(C)C)C5)C4)cn3)c2C(C)C)cn2ncnc12. The first kappa shape index (κ1) is 23.0. The standard InChI is InChI=1S/C27H34N8O/c1-17(2)10-33-12-27(13-33)14-34(15-27)20-6-7-21(28-9-20)25-23(18(3)4)24(31-32-25)19-8-22(36-5)26-29-16-30-35(26)11-19/h6-9,11,16-18H,10,12-15H2,1-5H3,(H,31,32). The average Bonchev–Trinajstić information content (AvgIpc) is 3.46. The van der Waals surface area contributed by atoms with Gasteiger partial charge < -0.3 is 14.5 Å². The Bertz CT molecular complexity index is 1370. The number of likely N-dealkylation sites (tertiary alicyclic amines) is 1. The molecular formula is C27H34N8O. The van der Waals surface area contributed by atoms with E-state index < -0.39 is 0 Å². The molecule has 1 spiro atoms. The Morgan fingerprint density at radius 2 is 1.89 bits per heavy atom. The van der Waals surface area contributed by atoms with E-state index in [2.05, 4.69) is 64.8 Å². The maximum atomic E-state index is 5.56. The zero-order valence-electron chi connectivity index (χ0n) is 21.7. The smallest absolute Gasteiger partial charge is 0.197 e. The first-order valence-corrected chi connectivity index (χ1v) is 12.8. The van der Waals surface area contributed by atoms with E-state index in [-0.39, 0.29) is 5.92 Å². The van der Waals surface area contributed by atoms with Gasteiger partial charge in [-0.25, -0.2) is 9.50 Å². The molecule has 188 valence electrons. The molecule has 0 amide bonds. The number of fused-ring (bicyclic) bond motifs is 1. The summed E-state index contributed by atoms with van der Waals surface area (Å²) in [5.74, 6) is 1.65. The van der Waals surface area contributed by atoms with Gasteiger partial charge in [0.1, 0.15) is 12.0 Å². The fourth-order valence-corrected chi connectivity index (χ4v) is 5.92. The molecule has 0 unspecified atom stereocenters. The summed E-state index contributed by atoms with van der Waals surface area (Å²) in [5, 5.41) is 12.3. The molecule has 4 aromatic rings. The Morgan fingerprint density at radius 3 is 2.56 bits per heavy atom. The van der Waals surface area contributed by atoms with Crippen LogP contribution in [0.2, 0.25) is 0 Å². The summed E-state index contributed by atoms with van der Waals surface area (Å²) < 4.78 is 7.30. The zero-order valence-corrected chi connectivity index (χ0v) is 21.7. The molecule has 0 aliphatic carbocycles. The van der Waals surface area contributed by atoms with Gasteiger partial charge >= 0.3 is 0 Å². The van der Waals surface area contributed by atoms with Crippen LogP contribution in [0.1, 0.15) is 39.2 Å². The van der Waals surface area contributed by atoms with Crippen LogP contribution >= 0.6 is 0 Å². The maximum absolute atomic E-state index is 5.56. The highest BCUT2D eigenvalue weighted by atomic mass is 16.5. The monoisotopic (exact) mass is 486 g/mol. The van der Waals surface area contributed by atoms with E-state index in [1.165, 1.54) is 31.6 Å². The Balaban J connectivity index is 1.23. The van der Waals surface area contributed by atoms with Crippen molar-refractivity contribution < 1.29 is 4.74 Å². The summed E-state index contributed by atoms with van der Waals surface area (Å²) in [6.07, 6.45) is 5.48. The average molecular weight is 487 g/mol. The lowest BCUT2D eigenvalue weighted by molar-refractivity contribution is -0.0279. The van der Waals surface area contributed by atoms with Crippen LogP contribution in [-0.2, 0) is 0 Å². The molecule has 0 bridgehead atoms. The highest BCUT2D eigenvalue weighted by Crippen LogP contribution is 2.42. The predicted molar refractivity (Wildman–Crippen MR) is 140 cm³/mol. The first-order chi connectivity index (χ1) is 17.4. The van der Waals surface area contributed by atoms with Gasteiger partial charge in [0.05, 0.1) is 30.4 Å². The summed E-state index contributed by atoms with van der Waals surface area (Å²) in [4.78, 5) is 14.2. The van der Waals surface area contributed by atoms with Gasteiger partial charge in [0, 0.05) is 55.5 Å². The van der Waals surface area contributed by atoms with Crippen molar-refractivity contribution in [2.24, 2.45) is 11.3 Å². The van der Waals surface area contributed by atoms with Crippen molar-refractivity contribution in [3.05, 3.63) is 42.5 Å². The number of anilines is 1. The van der Waals surface area contributed by atoms with Crippen molar-refractivity contribution in [2.75, 3.05) is 44.7 Å². The van der Waals surface area contributed by atoms with Crippen molar-refractivity contribution in [1.82, 2.24) is 34.7 Å². The lowest BCUT2D eigenvalue weighted by Gasteiger charge is -2.61. The first-order valence-electron chi connectivity index (χ1n) is 12.8. The van der Waals surface area contributed by atoms with Crippen LogP contribution in [0, 0.1) is 11.3 Å². The number of aromatic nitrogens is 6. The summed E-state index contributed by atoms with van der Waals surface area (Å²) in [6.45, 7) is 14.9. The van der Waals surface area contributed by atoms with E-state index in [1.807, 2.05) is 18.5 Å². The fourth-order valence-electron chi connectivity index (χ4n) is 5.92. The Hall–Kier alpha value is -3.46. The van der Waals surface area contributed by atoms with Gasteiger partial charge in [0.25, 0.3) is 0 Å². The summed E-state index contributed by atoms with van der Waals surface area (Å²) in [7, 11) is 1.65. The Morgan fingerprint density at radius 1 is 1.08 bits per heavy atom. The van der Waals surface area contributed by atoms with Crippen molar-refractivity contribution >= 4 is 11.3 Å². The number of rotatable bonds is 7. The summed E-state index contributed by atoms with van der Waals surface area (Å²) >= 11 is 0. The van der Waals surface area contributed by atoms with E-state index in [0.29, 0.717) is 16.8 Å². The number of methoxy groups -OCH3 is 1. The normalized spacial score (nSPS) is 17.2. The lowest BCUT2D eigenvalue weighted by Crippen LogP contribution is -2.72. The Kier molecular flexibility index (Phi) is 5.48. The molecule has 6 heterocycles. The molecule has 2 saturated heterocycles. The maximum Gasteiger partial charge on any atom is 0.197 e. The number of pyridine rings is 2. The van der Waals surface area contributed by atoms with E-state index in [9.17, 15) is 0 Å². The van der Waals surface area contributed by atoms with E-state index in [1.54, 1.807) is 11.6 Å². The van der Waals surface area contributed by atoms with Gasteiger partial charge in [-0.1, -0.05) is 27.7 Å². The molecule has 2 aliphatic rings. The molecule has 2 aliphatic heterocycles. The molecule has 6 rings (SSSR count). The van der Waals surface area contributed by atoms with E-state index in [4.69, 9.17) is 14.8 Å². The van der Waals surface area contributed by atoms with Crippen LogP contribution in [0.5, 0.6) is 5.75 Å². The molecule has 9 nitrogen and oxygen atoms in total. The number of hydrogen-bond donors (Lipinski definition) is 1. The molecule has 4 aromatic heterocycles. The van der Waals surface area contributed by atoms with Crippen molar-refractivity contribution in [1.29, 1.82) is 0 Å². The third-order valence-electron chi connectivity index (χ3n) is 7.38. The minimum Gasteiger partial charge on any atom is -0.493 e. The molecule has 2 fully saturated rings. The zero-order chi connectivity index (χ0) is 25.0. The second-order valence-corrected chi connectivity index (χ2v) is 11.2. The summed E-state index contributed by atoms with van der Waals surface area (Å²) in [6, 6.07) is 6.26. The highest BCUT2D eigenvalue weighted by molar-refractivity contribution is 5.75. The third kappa shape index (κ3) is 3.82. The van der Waals surface area contributed by atoms with Crippen LogP contribution in [0.4, 0.5) is 5.69 Å². The number of nitrogens with zero attached hydrogens (tertiary/aromatic N) is 7. The van der Waals surface area contributed by atoms with Crippen molar-refractivity contribution in [3.8, 4) is 28.4 Å². The number of aromatic amines is 1. The second kappa shape index (κ2) is 8.58. The minimum atomic E-state index is 0.246. The number of nitrogens with one attached hydrogen (secondary N) is 1. The highest BCUT2D eigenvalue weighted by Gasteiger charge is 2.51. The minimum absolute atomic E-state index is 0.246. The second-order valence-electron chi connectivity index (χ2n) is 11.2. The van der Waals surface area contributed by atoms with E-state index >= 15 is 0 Å². The molecule has 9 heteroatoms. The lowest BCUT2D eigenvalue weighted by atomic mass is 9.72. The number of H-pyrrole nitrogens is 1. The van der Waals surface area contributed by atoms with Gasteiger partial charge in [-0.05, 0) is 30.0 Å². The quantitative estimate of drug-likeness (QED) is 0.421. The largest absolute Gasteiger partial charge is 0.493 e. The van der Waals surface area contributed by atoms with Crippen molar-refractivity contribution in [2.45, 2.75) is 33.6 Å². The summed E-state index contributed by atoms with van der Waals surface area (Å²) in [5.41, 5.74) is 7.14. The molecule has 0 saturated carbocycles. The molecule has 36 heavy (non-hydrogen) atoms. The van der Waals surface area contributed by atoms with Crippen LogP contribution in [-0.4, -0.2) is 74.5 Å².